The molecule has 0 radical (unpaired) electrons. The Morgan fingerprint density at radius 3 is 1.52 bits per heavy atom. The van der Waals surface area contributed by atoms with Crippen LogP contribution in [0.3, 0.4) is 0 Å². The Morgan fingerprint density at radius 1 is 0.689 bits per heavy atom. The Bertz CT molecular complexity index is 2440. The number of esters is 1. The summed E-state index contributed by atoms with van der Waals surface area (Å²) in [5.74, 6) is -0.399. The van der Waals surface area contributed by atoms with E-state index < -0.39 is 35.7 Å². The van der Waals surface area contributed by atoms with Gasteiger partial charge in [-0.05, 0) is 95.7 Å². The van der Waals surface area contributed by atoms with E-state index in [-0.39, 0.29) is 30.2 Å². The Hall–Kier alpha value is -4.73. The molecule has 4 aromatic rings. The van der Waals surface area contributed by atoms with E-state index in [1.165, 1.54) is 4.90 Å². The average molecular weight is 935 g/mol. The van der Waals surface area contributed by atoms with Crippen LogP contribution in [0.5, 0.6) is 0 Å². The van der Waals surface area contributed by atoms with E-state index in [0.717, 1.165) is 29.2 Å². The molecule has 8 rings (SSSR count). The number of aliphatic carboxylic acids is 1. The minimum Gasteiger partial charge on any atom is -0.480 e. The summed E-state index contributed by atoms with van der Waals surface area (Å²) in [5, 5.41) is 26.4. The maximum Gasteiger partial charge on any atom is 0.329 e. The van der Waals surface area contributed by atoms with Gasteiger partial charge in [0.1, 0.15) is 41.4 Å². The molecule has 0 spiro atoms. The van der Waals surface area contributed by atoms with Crippen molar-refractivity contribution in [2.24, 2.45) is 0 Å². The van der Waals surface area contributed by atoms with Crippen molar-refractivity contribution in [1.82, 2.24) is 29.4 Å². The predicted molar refractivity (Wildman–Crippen MR) is 237 cm³/mol. The van der Waals surface area contributed by atoms with Crippen molar-refractivity contribution in [2.75, 3.05) is 23.7 Å². The molecule has 2 aromatic heterocycles. The monoisotopic (exact) mass is 932 g/mol. The lowest BCUT2D eigenvalue weighted by Crippen LogP contribution is -2.46. The molecule has 0 bridgehead atoms. The van der Waals surface area contributed by atoms with Crippen molar-refractivity contribution < 1.29 is 29.0 Å². The van der Waals surface area contributed by atoms with E-state index in [9.17, 15) is 24.3 Å². The Kier molecular flexibility index (Phi) is 13.7. The number of carboxylic acids is 1. The SMILES string of the molecule is CC1=C(C(=O)N2CCC[C@H]2C(=O)O)C(c2ccc(Cl)c(Cl)c2)n2nccc2N1.CC1=C(C(=O)N2CCC[C@H]2C(=O)OC(C)(C)C)C(c2ccc(Cl)c(Cl)c2)n2nccc2N1.Cl. The van der Waals surface area contributed by atoms with Gasteiger partial charge in [-0.2, -0.15) is 10.2 Å². The highest BCUT2D eigenvalue weighted by Gasteiger charge is 2.43. The number of carbonyl (C=O) groups is 4. The molecule has 61 heavy (non-hydrogen) atoms. The minimum atomic E-state index is -0.987. The van der Waals surface area contributed by atoms with Crippen molar-refractivity contribution in [3.05, 3.63) is 115 Å². The molecule has 2 aromatic carbocycles. The van der Waals surface area contributed by atoms with E-state index in [1.807, 2.05) is 45.9 Å². The number of halogens is 5. The number of carbonyl (C=O) groups excluding carboxylic acids is 3. The number of allylic oxidation sites excluding steroid dienone is 2. The van der Waals surface area contributed by atoms with Gasteiger partial charge in [-0.25, -0.2) is 19.0 Å². The molecule has 4 atom stereocenters. The third-order valence-electron chi connectivity index (χ3n) is 10.8. The van der Waals surface area contributed by atoms with Crippen LogP contribution in [0.1, 0.15) is 83.5 Å². The first-order chi connectivity index (χ1) is 28.4. The zero-order valence-corrected chi connectivity index (χ0v) is 37.8. The Labute approximate surface area is 379 Å². The number of benzene rings is 2. The van der Waals surface area contributed by atoms with Gasteiger partial charge in [0.05, 0.1) is 43.6 Å². The molecule has 2 fully saturated rings. The second-order valence-electron chi connectivity index (χ2n) is 16.0. The summed E-state index contributed by atoms with van der Waals surface area (Å²) in [6.45, 7) is 10.0. The molecule has 0 aliphatic carbocycles. The molecule has 3 N–H and O–H groups in total. The number of amides is 2. The van der Waals surface area contributed by atoms with E-state index >= 15 is 0 Å². The fourth-order valence-electron chi connectivity index (χ4n) is 8.15. The summed E-state index contributed by atoms with van der Waals surface area (Å²) in [6, 6.07) is 11.7. The van der Waals surface area contributed by atoms with Crippen LogP contribution < -0.4 is 10.6 Å². The van der Waals surface area contributed by atoms with Gasteiger partial charge in [-0.3, -0.25) is 9.59 Å². The van der Waals surface area contributed by atoms with Crippen LogP contribution in [0, 0.1) is 0 Å². The van der Waals surface area contributed by atoms with Crippen molar-refractivity contribution in [3.63, 3.8) is 0 Å². The van der Waals surface area contributed by atoms with Crippen LogP contribution in [-0.4, -0.2) is 89.0 Å². The summed E-state index contributed by atoms with van der Waals surface area (Å²) in [5.41, 5.74) is 3.22. The number of nitrogens with zero attached hydrogens (tertiary/aromatic N) is 6. The average Bonchev–Trinajstić information content (AvgIpc) is 4.02. The van der Waals surface area contributed by atoms with E-state index in [4.69, 9.17) is 51.1 Å². The van der Waals surface area contributed by atoms with E-state index in [2.05, 4.69) is 20.8 Å². The summed E-state index contributed by atoms with van der Waals surface area (Å²) in [7, 11) is 0. The van der Waals surface area contributed by atoms with Gasteiger partial charge in [-0.15, -0.1) is 12.4 Å². The molecule has 2 saturated heterocycles. The van der Waals surface area contributed by atoms with Gasteiger partial charge in [0.25, 0.3) is 11.8 Å². The summed E-state index contributed by atoms with van der Waals surface area (Å²) >= 11 is 24.7. The van der Waals surface area contributed by atoms with Gasteiger partial charge in [0, 0.05) is 36.6 Å². The zero-order chi connectivity index (χ0) is 43.2. The van der Waals surface area contributed by atoms with E-state index in [1.54, 1.807) is 63.9 Å². The molecular weight excluding hydrogens is 890 g/mol. The molecule has 2 amide bonds. The number of hydrogen-bond acceptors (Lipinski definition) is 9. The lowest BCUT2D eigenvalue weighted by Gasteiger charge is -2.34. The van der Waals surface area contributed by atoms with Gasteiger partial charge in [0.15, 0.2) is 0 Å². The molecular formula is C42H45Cl5N8O6. The van der Waals surface area contributed by atoms with Crippen LogP contribution in [0.4, 0.5) is 11.6 Å². The van der Waals surface area contributed by atoms with Gasteiger partial charge in [0.2, 0.25) is 0 Å². The van der Waals surface area contributed by atoms with E-state index in [0.29, 0.717) is 75.0 Å². The van der Waals surface area contributed by atoms with Crippen molar-refractivity contribution >= 4 is 94.2 Å². The highest BCUT2D eigenvalue weighted by Crippen LogP contribution is 2.41. The molecule has 19 heteroatoms. The molecule has 6 heterocycles. The lowest BCUT2D eigenvalue weighted by molar-refractivity contribution is -0.162. The quantitative estimate of drug-likeness (QED) is 0.159. The molecule has 324 valence electrons. The smallest absolute Gasteiger partial charge is 0.329 e. The first-order valence-corrected chi connectivity index (χ1v) is 21.0. The number of nitrogens with one attached hydrogen (secondary N) is 2. The fourth-order valence-corrected chi connectivity index (χ4v) is 8.76. The largest absolute Gasteiger partial charge is 0.480 e. The molecule has 4 aliphatic rings. The first-order valence-electron chi connectivity index (χ1n) is 19.4. The van der Waals surface area contributed by atoms with Crippen LogP contribution in [0.25, 0.3) is 0 Å². The predicted octanol–water partition coefficient (Wildman–Crippen LogP) is 8.79. The number of aromatic nitrogens is 4. The third-order valence-corrected chi connectivity index (χ3v) is 12.3. The van der Waals surface area contributed by atoms with Crippen molar-refractivity contribution in [3.8, 4) is 0 Å². The number of anilines is 2. The highest BCUT2D eigenvalue weighted by molar-refractivity contribution is 6.42. The number of carboxylic acid groups (broad SMARTS) is 1. The second kappa shape index (κ2) is 18.3. The molecule has 2 unspecified atom stereocenters. The van der Waals surface area contributed by atoms with Crippen LogP contribution >= 0.6 is 58.8 Å². The third kappa shape index (κ3) is 9.24. The maximum absolute atomic E-state index is 13.9. The number of ether oxygens (including phenoxy) is 1. The highest BCUT2D eigenvalue weighted by atomic mass is 35.5. The molecule has 0 saturated carbocycles. The van der Waals surface area contributed by atoms with Gasteiger partial charge in [-0.1, -0.05) is 58.5 Å². The number of rotatable bonds is 6. The van der Waals surface area contributed by atoms with Crippen LogP contribution in [-0.2, 0) is 23.9 Å². The topological polar surface area (TPSA) is 164 Å². The zero-order valence-electron chi connectivity index (χ0n) is 33.9. The summed E-state index contributed by atoms with van der Waals surface area (Å²) in [6.07, 6.45) is 5.74. The van der Waals surface area contributed by atoms with Crippen molar-refractivity contribution in [1.29, 1.82) is 0 Å². The molecule has 14 nitrogen and oxygen atoms in total. The standard InChI is InChI=1S/C23H26Cl2N4O3.C19H18Cl2N4O3.ClH/c1-13-19(21(30)28-11-5-6-17(28)22(31)32-23(2,3)4)20(29-18(27-13)9-10-26-29)14-7-8-15(24)16(25)12-14;1-10-16(18(26)24-8-2-3-14(24)19(27)28)17(25-15(23-10)6-7-22-25)11-4-5-12(20)13(21)9-11;/h7-10,12,17,20,27H,5-6,11H2,1-4H3;4-7,9,14,17,23H,2-3,8H2,1H3,(H,27,28);1H/t17-,20?;14-,17?;/m00./s1. The Morgan fingerprint density at radius 2 is 1.11 bits per heavy atom. The van der Waals surface area contributed by atoms with Crippen LogP contribution in [0.2, 0.25) is 20.1 Å². The number of hydrogen-bond donors (Lipinski definition) is 3. The van der Waals surface area contributed by atoms with Crippen molar-refractivity contribution in [2.45, 2.75) is 90.1 Å². The molecule has 4 aliphatic heterocycles. The minimum absolute atomic E-state index is 0. The normalized spacial score (nSPS) is 20.7. The van der Waals surface area contributed by atoms with Gasteiger partial charge < -0.3 is 30.3 Å². The van der Waals surface area contributed by atoms with Gasteiger partial charge >= 0.3 is 11.9 Å². The number of likely N-dealkylation sites (tertiary alicyclic amines) is 2. The van der Waals surface area contributed by atoms with Crippen LogP contribution in [0.15, 0.2) is 83.5 Å². The lowest BCUT2D eigenvalue weighted by atomic mass is 9.94. The first kappa shape index (κ1) is 45.8. The number of fused-ring (bicyclic) bond motifs is 2. The second-order valence-corrected chi connectivity index (χ2v) is 17.6. The maximum atomic E-state index is 13.9. The Balaban J connectivity index is 0.000000202. The fraction of sp³-hybridized carbons (Fsp3) is 0.381. The summed E-state index contributed by atoms with van der Waals surface area (Å²) in [4.78, 5) is 54.8. The summed E-state index contributed by atoms with van der Waals surface area (Å²) < 4.78 is 9.03.